The molecule has 1 saturated carbocycles. The fourth-order valence-corrected chi connectivity index (χ4v) is 2.76. The first-order chi connectivity index (χ1) is 8.86. The number of hydrogen-bond acceptors (Lipinski definition) is 4. The summed E-state index contributed by atoms with van der Waals surface area (Å²) in [4.78, 5) is 1.21. The zero-order chi connectivity index (χ0) is 12.4. The van der Waals surface area contributed by atoms with E-state index in [0.29, 0.717) is 6.10 Å². The Bertz CT molecular complexity index is 508. The molecule has 0 amide bonds. The molecule has 0 saturated heterocycles. The first-order valence-electron chi connectivity index (χ1n) is 6.13. The molecular formula is C14H16N2OS. The van der Waals surface area contributed by atoms with E-state index in [1.807, 2.05) is 18.2 Å². The van der Waals surface area contributed by atoms with Crippen LogP contribution >= 0.6 is 11.3 Å². The van der Waals surface area contributed by atoms with Crippen LogP contribution < -0.4 is 16.0 Å². The van der Waals surface area contributed by atoms with Crippen molar-refractivity contribution >= 4 is 11.3 Å². The van der Waals surface area contributed by atoms with Crippen molar-refractivity contribution in [3.05, 3.63) is 52.2 Å². The lowest BCUT2D eigenvalue weighted by Gasteiger charge is -2.16. The van der Waals surface area contributed by atoms with Crippen LogP contribution in [0.5, 0.6) is 5.75 Å². The molecule has 3 nitrogen and oxygen atoms in total. The predicted octanol–water partition coefficient (Wildman–Crippen LogP) is 2.84. The van der Waals surface area contributed by atoms with E-state index >= 15 is 0 Å². The third kappa shape index (κ3) is 2.56. The van der Waals surface area contributed by atoms with Gasteiger partial charge in [-0.05, 0) is 42.0 Å². The van der Waals surface area contributed by atoms with Crippen molar-refractivity contribution < 1.29 is 4.74 Å². The number of thiophene rings is 1. The van der Waals surface area contributed by atoms with E-state index in [4.69, 9.17) is 10.6 Å². The highest BCUT2D eigenvalue weighted by molar-refractivity contribution is 7.10. The van der Waals surface area contributed by atoms with Gasteiger partial charge < -0.3 is 4.74 Å². The van der Waals surface area contributed by atoms with Crippen molar-refractivity contribution in [3.8, 4) is 5.75 Å². The van der Waals surface area contributed by atoms with Crippen LogP contribution in [0.2, 0.25) is 0 Å². The van der Waals surface area contributed by atoms with Crippen LogP contribution in [0.1, 0.15) is 29.3 Å². The van der Waals surface area contributed by atoms with Crippen molar-refractivity contribution in [1.29, 1.82) is 0 Å². The first kappa shape index (κ1) is 11.7. The van der Waals surface area contributed by atoms with E-state index in [9.17, 15) is 0 Å². The summed E-state index contributed by atoms with van der Waals surface area (Å²) >= 11 is 1.70. The van der Waals surface area contributed by atoms with Crippen LogP contribution in [-0.4, -0.2) is 6.10 Å². The summed E-state index contributed by atoms with van der Waals surface area (Å²) in [5, 5.41) is 2.06. The van der Waals surface area contributed by atoms with E-state index in [1.54, 1.807) is 11.3 Å². The number of benzene rings is 1. The molecule has 1 atom stereocenters. The highest BCUT2D eigenvalue weighted by Gasteiger charge is 2.24. The third-order valence-corrected chi connectivity index (χ3v) is 3.95. The highest BCUT2D eigenvalue weighted by Crippen LogP contribution is 2.30. The van der Waals surface area contributed by atoms with Gasteiger partial charge in [0.1, 0.15) is 5.75 Å². The Morgan fingerprint density at radius 3 is 2.83 bits per heavy atom. The van der Waals surface area contributed by atoms with Crippen LogP contribution in [0.4, 0.5) is 0 Å². The van der Waals surface area contributed by atoms with Gasteiger partial charge in [-0.3, -0.25) is 5.84 Å². The van der Waals surface area contributed by atoms with E-state index in [1.165, 1.54) is 17.7 Å². The summed E-state index contributed by atoms with van der Waals surface area (Å²) in [6.45, 7) is 0. The minimum absolute atomic E-state index is 0.0350. The SMILES string of the molecule is NNC(c1cccc(OC2CC2)c1)c1cccs1. The van der Waals surface area contributed by atoms with Gasteiger partial charge in [-0.15, -0.1) is 11.3 Å². The molecule has 1 aliphatic carbocycles. The van der Waals surface area contributed by atoms with Gasteiger partial charge in [-0.25, -0.2) is 5.43 Å². The zero-order valence-electron chi connectivity index (χ0n) is 10.0. The van der Waals surface area contributed by atoms with Crippen LogP contribution in [0.15, 0.2) is 41.8 Å². The molecule has 94 valence electrons. The van der Waals surface area contributed by atoms with Gasteiger partial charge in [0, 0.05) is 4.88 Å². The van der Waals surface area contributed by atoms with Crippen molar-refractivity contribution in [1.82, 2.24) is 5.43 Å². The van der Waals surface area contributed by atoms with Gasteiger partial charge >= 0.3 is 0 Å². The average molecular weight is 260 g/mol. The Morgan fingerprint density at radius 1 is 1.28 bits per heavy atom. The largest absolute Gasteiger partial charge is 0.490 e. The maximum Gasteiger partial charge on any atom is 0.120 e. The van der Waals surface area contributed by atoms with Crippen molar-refractivity contribution in [2.45, 2.75) is 25.0 Å². The second-order valence-electron chi connectivity index (χ2n) is 4.50. The number of nitrogens with two attached hydrogens (primary N) is 1. The number of hydrazine groups is 1. The summed E-state index contributed by atoms with van der Waals surface area (Å²) < 4.78 is 5.81. The van der Waals surface area contributed by atoms with Crippen LogP contribution in [0.25, 0.3) is 0 Å². The molecule has 0 bridgehead atoms. The molecule has 0 radical (unpaired) electrons. The Balaban J connectivity index is 1.84. The van der Waals surface area contributed by atoms with Gasteiger partial charge in [0.25, 0.3) is 0 Å². The van der Waals surface area contributed by atoms with E-state index in [-0.39, 0.29) is 6.04 Å². The summed E-state index contributed by atoms with van der Waals surface area (Å²) in [6.07, 6.45) is 2.77. The summed E-state index contributed by atoms with van der Waals surface area (Å²) in [6, 6.07) is 12.3. The van der Waals surface area contributed by atoms with Gasteiger partial charge in [-0.2, -0.15) is 0 Å². The van der Waals surface area contributed by atoms with E-state index in [2.05, 4.69) is 29.0 Å². The zero-order valence-corrected chi connectivity index (χ0v) is 10.8. The Labute approximate surface area is 111 Å². The maximum atomic E-state index is 5.81. The molecule has 1 unspecified atom stereocenters. The summed E-state index contributed by atoms with van der Waals surface area (Å²) in [7, 11) is 0. The van der Waals surface area contributed by atoms with Gasteiger partial charge in [0.15, 0.2) is 0 Å². The Morgan fingerprint density at radius 2 is 2.17 bits per heavy atom. The van der Waals surface area contributed by atoms with Crippen LogP contribution in [0.3, 0.4) is 0 Å². The normalized spacial score (nSPS) is 16.5. The van der Waals surface area contributed by atoms with Gasteiger partial charge in [0.05, 0.1) is 12.1 Å². The quantitative estimate of drug-likeness (QED) is 0.642. The summed E-state index contributed by atoms with van der Waals surface area (Å²) in [5.41, 5.74) is 4.01. The molecule has 3 N–H and O–H groups in total. The van der Waals surface area contributed by atoms with Gasteiger partial charge in [-0.1, -0.05) is 18.2 Å². The lowest BCUT2D eigenvalue weighted by molar-refractivity contribution is 0.302. The molecule has 1 aromatic carbocycles. The second kappa shape index (κ2) is 5.10. The smallest absolute Gasteiger partial charge is 0.120 e. The first-order valence-corrected chi connectivity index (χ1v) is 7.01. The lowest BCUT2D eigenvalue weighted by Crippen LogP contribution is -2.28. The molecule has 0 aliphatic heterocycles. The molecule has 2 aromatic rings. The molecule has 18 heavy (non-hydrogen) atoms. The second-order valence-corrected chi connectivity index (χ2v) is 5.48. The minimum Gasteiger partial charge on any atom is -0.490 e. The topological polar surface area (TPSA) is 47.3 Å². The maximum absolute atomic E-state index is 5.81. The fraction of sp³-hybridized carbons (Fsp3) is 0.286. The third-order valence-electron chi connectivity index (χ3n) is 3.01. The average Bonchev–Trinajstić information content (AvgIpc) is 3.04. The standard InChI is InChI=1S/C14H16N2OS/c15-16-14(13-5-2-8-18-13)10-3-1-4-12(9-10)17-11-6-7-11/h1-5,8-9,11,14,16H,6-7,15H2. The number of rotatable bonds is 5. The Kier molecular flexibility index (Phi) is 3.32. The molecule has 1 aliphatic rings. The van der Waals surface area contributed by atoms with Crippen LogP contribution in [0, 0.1) is 0 Å². The van der Waals surface area contributed by atoms with Crippen molar-refractivity contribution in [2.24, 2.45) is 5.84 Å². The molecular weight excluding hydrogens is 244 g/mol. The van der Waals surface area contributed by atoms with E-state index < -0.39 is 0 Å². The molecule has 1 heterocycles. The monoisotopic (exact) mass is 260 g/mol. The number of hydrogen-bond donors (Lipinski definition) is 2. The fourth-order valence-electron chi connectivity index (χ4n) is 1.94. The lowest BCUT2D eigenvalue weighted by atomic mass is 10.1. The van der Waals surface area contributed by atoms with Crippen molar-refractivity contribution in [3.63, 3.8) is 0 Å². The van der Waals surface area contributed by atoms with Crippen LogP contribution in [-0.2, 0) is 0 Å². The van der Waals surface area contributed by atoms with E-state index in [0.717, 1.165) is 11.3 Å². The van der Waals surface area contributed by atoms with Crippen molar-refractivity contribution in [2.75, 3.05) is 0 Å². The van der Waals surface area contributed by atoms with Gasteiger partial charge in [0.2, 0.25) is 0 Å². The predicted molar refractivity (Wildman–Crippen MR) is 73.6 cm³/mol. The number of nitrogens with one attached hydrogen (secondary N) is 1. The number of ether oxygens (including phenoxy) is 1. The Hall–Kier alpha value is -1.36. The molecule has 0 spiro atoms. The molecule has 1 fully saturated rings. The highest BCUT2D eigenvalue weighted by atomic mass is 32.1. The molecule has 3 rings (SSSR count). The molecule has 1 aromatic heterocycles. The minimum atomic E-state index is 0.0350. The summed E-state index contributed by atoms with van der Waals surface area (Å²) in [5.74, 6) is 6.61. The molecule has 4 heteroatoms.